The van der Waals surface area contributed by atoms with Crippen molar-refractivity contribution in [3.8, 4) is 5.75 Å². The first-order valence-electron chi connectivity index (χ1n) is 11.5. The molecule has 3 aromatic rings. The van der Waals surface area contributed by atoms with Crippen molar-refractivity contribution in [2.75, 3.05) is 6.61 Å². The van der Waals surface area contributed by atoms with Crippen molar-refractivity contribution in [2.45, 2.75) is 56.3 Å². The zero-order chi connectivity index (χ0) is 23.9. The normalized spacial score (nSPS) is 25.1. The monoisotopic (exact) mass is 469 g/mol. The quantitative estimate of drug-likeness (QED) is 0.451. The molecule has 1 heterocycles. The largest absolute Gasteiger partial charge is 0.490 e. The van der Waals surface area contributed by atoms with E-state index in [2.05, 4.69) is 17.4 Å². The van der Waals surface area contributed by atoms with Crippen LogP contribution in [0.2, 0.25) is 0 Å². The van der Waals surface area contributed by atoms with Crippen molar-refractivity contribution in [3.63, 3.8) is 0 Å². The highest BCUT2D eigenvalue weighted by molar-refractivity contribution is 5.89. The lowest BCUT2D eigenvalue weighted by atomic mass is 9.83. The van der Waals surface area contributed by atoms with E-state index in [1.807, 2.05) is 18.2 Å². The SMILES string of the molecule is C[C@@]1(c2ccc3c(C(F)(F)F)c(O[C@H]4CC[C@H](c5ccccc5)CC4)ccc3c2)COC(=O)N1. The second-order valence-electron chi connectivity index (χ2n) is 9.41. The van der Waals surface area contributed by atoms with E-state index in [-0.39, 0.29) is 23.8 Å². The van der Waals surface area contributed by atoms with Crippen LogP contribution < -0.4 is 10.1 Å². The summed E-state index contributed by atoms with van der Waals surface area (Å²) in [5.41, 5.74) is 0.428. The lowest BCUT2D eigenvalue weighted by Crippen LogP contribution is -2.37. The molecule has 1 N–H and O–H groups in total. The molecule has 1 saturated carbocycles. The fourth-order valence-corrected chi connectivity index (χ4v) is 5.13. The molecule has 2 aliphatic rings. The van der Waals surface area contributed by atoms with Gasteiger partial charge >= 0.3 is 12.3 Å². The number of carbonyl (C=O) groups is 1. The van der Waals surface area contributed by atoms with Gasteiger partial charge in [0, 0.05) is 0 Å². The maximum absolute atomic E-state index is 14.2. The van der Waals surface area contributed by atoms with Crippen molar-refractivity contribution < 1.29 is 27.4 Å². The number of alkyl carbamates (subject to hydrolysis) is 1. The van der Waals surface area contributed by atoms with Crippen LogP contribution in [0.4, 0.5) is 18.0 Å². The Morgan fingerprint density at radius 1 is 1.00 bits per heavy atom. The molecule has 3 aromatic carbocycles. The van der Waals surface area contributed by atoms with E-state index in [1.54, 1.807) is 25.1 Å². The van der Waals surface area contributed by atoms with E-state index in [0.717, 1.165) is 12.8 Å². The number of rotatable bonds is 4. The molecular weight excluding hydrogens is 443 g/mol. The summed E-state index contributed by atoms with van der Waals surface area (Å²) in [6.45, 7) is 1.91. The van der Waals surface area contributed by atoms with Gasteiger partial charge in [-0.15, -0.1) is 0 Å². The third-order valence-corrected chi connectivity index (χ3v) is 7.01. The number of fused-ring (bicyclic) bond motifs is 1. The first-order valence-corrected chi connectivity index (χ1v) is 11.5. The Balaban J connectivity index is 1.40. The Bertz CT molecular complexity index is 1200. The number of halogens is 3. The van der Waals surface area contributed by atoms with Crippen LogP contribution in [0.1, 0.15) is 55.2 Å². The predicted octanol–water partition coefficient (Wildman–Crippen LogP) is 6.92. The average molecular weight is 470 g/mol. The molecule has 1 aliphatic heterocycles. The summed E-state index contributed by atoms with van der Waals surface area (Å²) in [4.78, 5) is 11.5. The van der Waals surface area contributed by atoms with Crippen molar-refractivity contribution >= 4 is 16.9 Å². The van der Waals surface area contributed by atoms with Crippen molar-refractivity contribution in [1.29, 1.82) is 0 Å². The second kappa shape index (κ2) is 8.53. The number of alkyl halides is 3. The molecule has 0 aromatic heterocycles. The molecule has 1 aliphatic carbocycles. The highest BCUT2D eigenvalue weighted by atomic mass is 19.4. The number of hydrogen-bond acceptors (Lipinski definition) is 3. The van der Waals surface area contributed by atoms with Crippen LogP contribution in [-0.2, 0) is 16.5 Å². The van der Waals surface area contributed by atoms with Crippen LogP contribution in [0.5, 0.6) is 5.75 Å². The minimum absolute atomic E-state index is 0.0839. The average Bonchev–Trinajstić information content (AvgIpc) is 3.18. The van der Waals surface area contributed by atoms with Gasteiger partial charge in [-0.2, -0.15) is 13.2 Å². The van der Waals surface area contributed by atoms with Crippen LogP contribution in [0, 0.1) is 0 Å². The van der Waals surface area contributed by atoms with Gasteiger partial charge in [-0.3, -0.25) is 0 Å². The van der Waals surface area contributed by atoms with Gasteiger partial charge in [-0.25, -0.2) is 4.79 Å². The fourth-order valence-electron chi connectivity index (χ4n) is 5.13. The molecule has 34 heavy (non-hydrogen) atoms. The summed E-state index contributed by atoms with van der Waals surface area (Å²) in [7, 11) is 0. The number of ether oxygens (including phenoxy) is 2. The van der Waals surface area contributed by atoms with Gasteiger partial charge in [-0.05, 0) is 72.6 Å². The van der Waals surface area contributed by atoms with Gasteiger partial charge < -0.3 is 14.8 Å². The van der Waals surface area contributed by atoms with Crippen LogP contribution in [0.3, 0.4) is 0 Å². The van der Waals surface area contributed by atoms with Crippen LogP contribution in [-0.4, -0.2) is 18.8 Å². The van der Waals surface area contributed by atoms with Crippen molar-refractivity contribution in [3.05, 3.63) is 77.4 Å². The lowest BCUT2D eigenvalue weighted by molar-refractivity contribution is -0.138. The predicted molar refractivity (Wildman–Crippen MR) is 123 cm³/mol. The Kier molecular flexibility index (Phi) is 5.66. The van der Waals surface area contributed by atoms with Gasteiger partial charge in [0.05, 0.1) is 11.6 Å². The van der Waals surface area contributed by atoms with E-state index < -0.39 is 23.4 Å². The second-order valence-corrected chi connectivity index (χ2v) is 9.41. The molecule has 0 radical (unpaired) electrons. The highest BCUT2D eigenvalue weighted by Crippen LogP contribution is 2.44. The minimum atomic E-state index is -4.56. The number of carbonyl (C=O) groups excluding carboxylic acids is 1. The molecule has 178 valence electrons. The van der Waals surface area contributed by atoms with E-state index >= 15 is 0 Å². The van der Waals surface area contributed by atoms with Gasteiger partial charge in [0.1, 0.15) is 17.9 Å². The van der Waals surface area contributed by atoms with Gasteiger partial charge in [0.15, 0.2) is 0 Å². The van der Waals surface area contributed by atoms with E-state index in [0.29, 0.717) is 29.7 Å². The smallest absolute Gasteiger partial charge is 0.420 e. The molecule has 2 fully saturated rings. The maximum Gasteiger partial charge on any atom is 0.420 e. The summed E-state index contributed by atoms with van der Waals surface area (Å²) in [5, 5.41) is 3.25. The Hall–Kier alpha value is -3.22. The molecule has 4 nitrogen and oxygen atoms in total. The zero-order valence-corrected chi connectivity index (χ0v) is 18.8. The minimum Gasteiger partial charge on any atom is -0.490 e. The van der Waals surface area contributed by atoms with Crippen LogP contribution in [0.25, 0.3) is 10.8 Å². The topological polar surface area (TPSA) is 47.6 Å². The number of nitrogens with one attached hydrogen (secondary N) is 1. The molecule has 1 atom stereocenters. The molecule has 0 unspecified atom stereocenters. The Morgan fingerprint density at radius 2 is 1.74 bits per heavy atom. The summed E-state index contributed by atoms with van der Waals surface area (Å²) < 4.78 is 53.5. The first-order chi connectivity index (χ1) is 16.2. The zero-order valence-electron chi connectivity index (χ0n) is 18.8. The fraction of sp³-hybridized carbons (Fsp3) is 0.370. The van der Waals surface area contributed by atoms with E-state index in [4.69, 9.17) is 9.47 Å². The number of benzene rings is 3. The third-order valence-electron chi connectivity index (χ3n) is 7.01. The molecule has 1 saturated heterocycles. The maximum atomic E-state index is 14.2. The molecule has 5 rings (SSSR count). The van der Waals surface area contributed by atoms with E-state index in [9.17, 15) is 18.0 Å². The van der Waals surface area contributed by atoms with Crippen LogP contribution >= 0.6 is 0 Å². The molecule has 0 bridgehead atoms. The first kappa shape index (κ1) is 22.6. The number of cyclic esters (lactones) is 1. The molecular formula is C27H26F3NO3. The summed E-state index contributed by atoms with van der Waals surface area (Å²) in [6, 6.07) is 18.0. The Labute approximate surface area is 196 Å². The van der Waals surface area contributed by atoms with E-state index in [1.165, 1.54) is 17.7 Å². The summed E-state index contributed by atoms with van der Waals surface area (Å²) in [5.74, 6) is 0.291. The summed E-state index contributed by atoms with van der Waals surface area (Å²) in [6.07, 6.45) is -2.14. The van der Waals surface area contributed by atoms with Crippen molar-refractivity contribution in [1.82, 2.24) is 5.32 Å². The lowest BCUT2D eigenvalue weighted by Gasteiger charge is -2.30. The standard InChI is InChI=1S/C27H26F3NO3/c1-26(16-33-25(32)31-26)20-10-13-22-19(15-20)9-14-23(24(22)27(28,29)30)34-21-11-7-18(8-12-21)17-5-3-2-4-6-17/h2-6,9-10,13-15,18,21H,7-8,11-12,16H2,1H3,(H,31,32)/t18-,21-,26-/m0/s1. The van der Waals surface area contributed by atoms with Gasteiger partial charge in [-0.1, -0.05) is 48.5 Å². The van der Waals surface area contributed by atoms with Gasteiger partial charge in [0.25, 0.3) is 0 Å². The number of hydrogen-bond donors (Lipinski definition) is 1. The summed E-state index contributed by atoms with van der Waals surface area (Å²) >= 11 is 0. The highest BCUT2D eigenvalue weighted by Gasteiger charge is 2.39. The Morgan fingerprint density at radius 3 is 2.38 bits per heavy atom. The molecule has 0 spiro atoms. The van der Waals surface area contributed by atoms with Crippen LogP contribution in [0.15, 0.2) is 60.7 Å². The molecule has 7 heteroatoms. The number of amides is 1. The molecule has 1 amide bonds. The van der Waals surface area contributed by atoms with Crippen molar-refractivity contribution in [2.24, 2.45) is 0 Å². The van der Waals surface area contributed by atoms with Gasteiger partial charge in [0.2, 0.25) is 0 Å². The third kappa shape index (κ3) is 4.31.